The second-order valence-corrected chi connectivity index (χ2v) is 6.15. The van der Waals surface area contributed by atoms with Gasteiger partial charge in [-0.3, -0.25) is 4.79 Å². The minimum atomic E-state index is 0.0268. The maximum absolute atomic E-state index is 12.3. The summed E-state index contributed by atoms with van der Waals surface area (Å²) in [7, 11) is 0. The number of hydrogen-bond acceptors (Lipinski definition) is 5. The third kappa shape index (κ3) is 3.82. The second kappa shape index (κ2) is 7.29. The smallest absolute Gasteiger partial charge is 0.260 e. The molecule has 0 bridgehead atoms. The maximum Gasteiger partial charge on any atom is 0.260 e. The Hall–Kier alpha value is -2.63. The predicted octanol–water partition coefficient (Wildman–Crippen LogP) is 2.36. The van der Waals surface area contributed by atoms with Crippen molar-refractivity contribution < 1.29 is 9.53 Å². The largest absolute Gasteiger partial charge is 0.483 e. The average Bonchev–Trinajstić information content (AvgIpc) is 2.60. The van der Waals surface area contributed by atoms with E-state index < -0.39 is 0 Å². The van der Waals surface area contributed by atoms with Gasteiger partial charge in [0.1, 0.15) is 5.75 Å². The third-order valence-electron chi connectivity index (χ3n) is 4.32. The normalized spacial score (nSPS) is 15.3. The molecule has 0 unspecified atom stereocenters. The fourth-order valence-electron chi connectivity index (χ4n) is 2.82. The fraction of sp³-hybridized carbons (Fsp3) is 0.389. The topological polar surface area (TPSA) is 81.3 Å². The number of carbonyl (C=O) groups is 1. The SMILES string of the molecule is CC1CCN(C(=O)COc2ccccc2-c2ccnc(N)n2)CC1. The zero-order valence-electron chi connectivity index (χ0n) is 13.8. The Labute approximate surface area is 141 Å². The molecule has 0 atom stereocenters. The summed E-state index contributed by atoms with van der Waals surface area (Å²) < 4.78 is 5.78. The highest BCUT2D eigenvalue weighted by atomic mass is 16.5. The average molecular weight is 326 g/mol. The summed E-state index contributed by atoms with van der Waals surface area (Å²) in [5.74, 6) is 1.55. The van der Waals surface area contributed by atoms with E-state index in [9.17, 15) is 4.79 Å². The monoisotopic (exact) mass is 326 g/mol. The van der Waals surface area contributed by atoms with Gasteiger partial charge in [0.2, 0.25) is 5.95 Å². The van der Waals surface area contributed by atoms with Gasteiger partial charge in [-0.05, 0) is 37.0 Å². The van der Waals surface area contributed by atoms with Crippen LogP contribution < -0.4 is 10.5 Å². The summed E-state index contributed by atoms with van der Waals surface area (Å²) in [5, 5.41) is 0. The summed E-state index contributed by atoms with van der Waals surface area (Å²) in [6.45, 7) is 3.88. The molecule has 1 saturated heterocycles. The Morgan fingerprint density at radius 3 is 2.79 bits per heavy atom. The lowest BCUT2D eigenvalue weighted by Crippen LogP contribution is -2.40. The number of nitrogens with zero attached hydrogens (tertiary/aromatic N) is 3. The summed E-state index contributed by atoms with van der Waals surface area (Å²) in [4.78, 5) is 22.3. The first-order valence-electron chi connectivity index (χ1n) is 8.22. The molecule has 2 heterocycles. The number of likely N-dealkylation sites (tertiary alicyclic amines) is 1. The first kappa shape index (κ1) is 16.2. The molecule has 1 fully saturated rings. The Bertz CT molecular complexity index is 712. The van der Waals surface area contributed by atoms with Crippen molar-refractivity contribution >= 4 is 11.9 Å². The van der Waals surface area contributed by atoms with Crippen molar-refractivity contribution in [2.75, 3.05) is 25.4 Å². The predicted molar refractivity (Wildman–Crippen MR) is 92.4 cm³/mol. The Morgan fingerprint density at radius 1 is 1.29 bits per heavy atom. The number of ether oxygens (including phenoxy) is 1. The summed E-state index contributed by atoms with van der Waals surface area (Å²) in [6.07, 6.45) is 3.72. The highest BCUT2D eigenvalue weighted by Gasteiger charge is 2.21. The van der Waals surface area contributed by atoms with Crippen LogP contribution in [0.4, 0.5) is 5.95 Å². The molecule has 24 heavy (non-hydrogen) atoms. The van der Waals surface area contributed by atoms with Crippen LogP contribution in [0.25, 0.3) is 11.3 Å². The minimum Gasteiger partial charge on any atom is -0.483 e. The Kier molecular flexibility index (Phi) is 4.93. The Balaban J connectivity index is 1.69. The lowest BCUT2D eigenvalue weighted by atomic mass is 9.99. The Morgan fingerprint density at radius 2 is 2.04 bits per heavy atom. The number of aromatic nitrogens is 2. The van der Waals surface area contributed by atoms with Gasteiger partial charge < -0.3 is 15.4 Å². The van der Waals surface area contributed by atoms with Crippen LogP contribution in [0.3, 0.4) is 0 Å². The quantitative estimate of drug-likeness (QED) is 0.933. The van der Waals surface area contributed by atoms with E-state index >= 15 is 0 Å². The van der Waals surface area contributed by atoms with Crippen LogP contribution in [0.2, 0.25) is 0 Å². The summed E-state index contributed by atoms with van der Waals surface area (Å²) in [5.41, 5.74) is 7.13. The molecule has 3 rings (SSSR count). The van der Waals surface area contributed by atoms with Crippen LogP contribution in [0.5, 0.6) is 5.75 Å². The zero-order valence-corrected chi connectivity index (χ0v) is 13.8. The highest BCUT2D eigenvalue weighted by molar-refractivity contribution is 5.78. The molecule has 0 aliphatic carbocycles. The van der Waals surface area contributed by atoms with E-state index in [2.05, 4.69) is 16.9 Å². The number of amides is 1. The molecule has 126 valence electrons. The van der Waals surface area contributed by atoms with Gasteiger partial charge >= 0.3 is 0 Å². The van der Waals surface area contributed by atoms with Crippen molar-refractivity contribution in [1.82, 2.24) is 14.9 Å². The number of piperidine rings is 1. The number of hydrogen-bond donors (Lipinski definition) is 1. The van der Waals surface area contributed by atoms with Crippen LogP contribution in [0.1, 0.15) is 19.8 Å². The molecule has 0 saturated carbocycles. The molecule has 0 spiro atoms. The van der Waals surface area contributed by atoms with E-state index in [0.717, 1.165) is 31.5 Å². The van der Waals surface area contributed by atoms with E-state index in [1.807, 2.05) is 29.2 Å². The van der Waals surface area contributed by atoms with Crippen LogP contribution >= 0.6 is 0 Å². The minimum absolute atomic E-state index is 0.0268. The molecular weight excluding hydrogens is 304 g/mol. The number of nitrogens with two attached hydrogens (primary N) is 1. The van der Waals surface area contributed by atoms with E-state index in [0.29, 0.717) is 17.4 Å². The lowest BCUT2D eigenvalue weighted by Gasteiger charge is -2.30. The highest BCUT2D eigenvalue weighted by Crippen LogP contribution is 2.28. The van der Waals surface area contributed by atoms with E-state index in [-0.39, 0.29) is 18.5 Å². The number of carbonyl (C=O) groups excluding carboxylic acids is 1. The van der Waals surface area contributed by atoms with Gasteiger partial charge in [0, 0.05) is 24.8 Å². The summed E-state index contributed by atoms with van der Waals surface area (Å²) >= 11 is 0. The van der Waals surface area contributed by atoms with Gasteiger partial charge in [0.05, 0.1) is 5.69 Å². The first-order valence-corrected chi connectivity index (χ1v) is 8.22. The van der Waals surface area contributed by atoms with Crippen LogP contribution in [-0.4, -0.2) is 40.5 Å². The molecule has 6 heteroatoms. The van der Waals surface area contributed by atoms with Gasteiger partial charge in [-0.1, -0.05) is 19.1 Å². The molecule has 0 radical (unpaired) electrons. The second-order valence-electron chi connectivity index (χ2n) is 6.15. The van der Waals surface area contributed by atoms with Crippen molar-refractivity contribution in [3.8, 4) is 17.0 Å². The molecule has 6 nitrogen and oxygen atoms in total. The van der Waals surface area contributed by atoms with E-state index in [1.54, 1.807) is 12.3 Å². The number of para-hydroxylation sites is 1. The molecule has 1 aliphatic rings. The van der Waals surface area contributed by atoms with Crippen molar-refractivity contribution in [2.24, 2.45) is 5.92 Å². The van der Waals surface area contributed by atoms with E-state index in [4.69, 9.17) is 10.5 Å². The lowest BCUT2D eigenvalue weighted by molar-refractivity contribution is -0.134. The van der Waals surface area contributed by atoms with Crippen LogP contribution in [-0.2, 0) is 4.79 Å². The first-order chi connectivity index (χ1) is 11.6. The van der Waals surface area contributed by atoms with Gasteiger partial charge in [0.25, 0.3) is 5.91 Å². The molecule has 2 N–H and O–H groups in total. The molecule has 1 amide bonds. The number of anilines is 1. The summed E-state index contributed by atoms with van der Waals surface area (Å²) in [6, 6.07) is 9.26. The van der Waals surface area contributed by atoms with Crippen molar-refractivity contribution in [1.29, 1.82) is 0 Å². The molecule has 1 aromatic carbocycles. The molecule has 2 aromatic rings. The van der Waals surface area contributed by atoms with E-state index in [1.165, 1.54) is 0 Å². The standard InChI is InChI=1S/C18H22N4O2/c1-13-7-10-22(11-8-13)17(23)12-24-16-5-3-2-4-14(16)15-6-9-20-18(19)21-15/h2-6,9,13H,7-8,10-12H2,1H3,(H2,19,20,21). The number of rotatable bonds is 4. The molecule has 1 aromatic heterocycles. The van der Waals surface area contributed by atoms with Gasteiger partial charge in [-0.25, -0.2) is 9.97 Å². The number of nitrogen functional groups attached to an aromatic ring is 1. The zero-order chi connectivity index (χ0) is 16.9. The van der Waals surface area contributed by atoms with Crippen LogP contribution in [0.15, 0.2) is 36.5 Å². The molecule has 1 aliphatic heterocycles. The third-order valence-corrected chi connectivity index (χ3v) is 4.32. The van der Waals surface area contributed by atoms with Crippen molar-refractivity contribution in [3.63, 3.8) is 0 Å². The molecular formula is C18H22N4O2. The van der Waals surface area contributed by atoms with Crippen molar-refractivity contribution in [3.05, 3.63) is 36.5 Å². The van der Waals surface area contributed by atoms with Gasteiger partial charge in [-0.2, -0.15) is 0 Å². The fourth-order valence-corrected chi connectivity index (χ4v) is 2.82. The van der Waals surface area contributed by atoms with Gasteiger partial charge in [0.15, 0.2) is 6.61 Å². The maximum atomic E-state index is 12.3. The number of benzene rings is 1. The van der Waals surface area contributed by atoms with Gasteiger partial charge in [-0.15, -0.1) is 0 Å². The van der Waals surface area contributed by atoms with Crippen molar-refractivity contribution in [2.45, 2.75) is 19.8 Å². The van der Waals surface area contributed by atoms with Crippen LogP contribution in [0, 0.1) is 5.92 Å².